The lowest BCUT2D eigenvalue weighted by atomic mass is 9.96. The molecule has 1 atom stereocenters. The Morgan fingerprint density at radius 2 is 1.64 bits per heavy atom. The van der Waals surface area contributed by atoms with Crippen LogP contribution in [0.4, 0.5) is 4.79 Å². The number of nitrogens with one attached hydrogen (secondary N) is 3. The van der Waals surface area contributed by atoms with Crippen LogP contribution in [0.3, 0.4) is 0 Å². The standard InChI is InChI=1S/C16H33N3O3/c1-11(2)13(8-17-10-14(20)19-12(3)4)9-18-15(21)22-16(5,6)7/h11-13,17H,8-10H2,1-7H3,(H,18,21)(H,19,20). The van der Waals surface area contributed by atoms with E-state index in [2.05, 4.69) is 29.8 Å². The number of rotatable bonds is 8. The molecule has 2 amide bonds. The maximum absolute atomic E-state index is 11.7. The Hall–Kier alpha value is -1.30. The number of carbonyl (C=O) groups excluding carboxylic acids is 2. The molecule has 0 spiro atoms. The summed E-state index contributed by atoms with van der Waals surface area (Å²) in [4.78, 5) is 23.2. The Morgan fingerprint density at radius 1 is 1.05 bits per heavy atom. The van der Waals surface area contributed by atoms with E-state index in [1.807, 2.05) is 34.6 Å². The lowest BCUT2D eigenvalue weighted by Crippen LogP contribution is -2.42. The Labute approximate surface area is 134 Å². The molecule has 3 N–H and O–H groups in total. The van der Waals surface area contributed by atoms with Crippen molar-refractivity contribution in [1.82, 2.24) is 16.0 Å². The minimum absolute atomic E-state index is 0.0161. The van der Waals surface area contributed by atoms with Crippen molar-refractivity contribution in [3.63, 3.8) is 0 Å². The van der Waals surface area contributed by atoms with Gasteiger partial charge in [-0.1, -0.05) is 13.8 Å². The van der Waals surface area contributed by atoms with E-state index in [0.29, 0.717) is 19.0 Å². The molecule has 0 aliphatic rings. The van der Waals surface area contributed by atoms with Crippen molar-refractivity contribution in [3.8, 4) is 0 Å². The molecule has 0 aromatic heterocycles. The molecule has 0 aromatic rings. The van der Waals surface area contributed by atoms with Gasteiger partial charge in [-0.25, -0.2) is 4.79 Å². The molecule has 1 unspecified atom stereocenters. The molecule has 0 saturated heterocycles. The smallest absolute Gasteiger partial charge is 0.407 e. The highest BCUT2D eigenvalue weighted by Gasteiger charge is 2.19. The fraction of sp³-hybridized carbons (Fsp3) is 0.875. The van der Waals surface area contributed by atoms with E-state index in [0.717, 1.165) is 0 Å². The van der Waals surface area contributed by atoms with Gasteiger partial charge in [-0.2, -0.15) is 0 Å². The molecule has 0 aliphatic heterocycles. The first-order chi connectivity index (χ1) is 10.0. The number of amides is 2. The topological polar surface area (TPSA) is 79.5 Å². The highest BCUT2D eigenvalue weighted by Crippen LogP contribution is 2.10. The molecule has 22 heavy (non-hydrogen) atoms. The van der Waals surface area contributed by atoms with Gasteiger partial charge < -0.3 is 20.7 Å². The minimum Gasteiger partial charge on any atom is -0.444 e. The van der Waals surface area contributed by atoms with Crippen LogP contribution < -0.4 is 16.0 Å². The zero-order chi connectivity index (χ0) is 17.3. The van der Waals surface area contributed by atoms with Gasteiger partial charge in [0.2, 0.25) is 5.91 Å². The third kappa shape index (κ3) is 11.4. The summed E-state index contributed by atoms with van der Waals surface area (Å²) in [5.74, 6) is 0.604. The first-order valence-corrected chi connectivity index (χ1v) is 7.98. The molecule has 0 saturated carbocycles. The summed E-state index contributed by atoms with van der Waals surface area (Å²) in [7, 11) is 0. The average molecular weight is 315 g/mol. The Kier molecular flexibility index (Phi) is 9.09. The first-order valence-electron chi connectivity index (χ1n) is 7.98. The van der Waals surface area contributed by atoms with Gasteiger partial charge in [-0.3, -0.25) is 4.79 Å². The number of hydrogen-bond acceptors (Lipinski definition) is 4. The van der Waals surface area contributed by atoms with Gasteiger partial charge in [0.25, 0.3) is 0 Å². The number of carbonyl (C=O) groups is 2. The van der Waals surface area contributed by atoms with E-state index in [9.17, 15) is 9.59 Å². The number of hydrogen-bond donors (Lipinski definition) is 3. The zero-order valence-electron chi connectivity index (χ0n) is 15.1. The van der Waals surface area contributed by atoms with Gasteiger partial charge in [-0.05, 0) is 46.5 Å². The molecule has 0 aliphatic carbocycles. The maximum Gasteiger partial charge on any atom is 0.407 e. The van der Waals surface area contributed by atoms with Gasteiger partial charge >= 0.3 is 6.09 Å². The summed E-state index contributed by atoms with van der Waals surface area (Å²) in [5.41, 5.74) is -0.495. The van der Waals surface area contributed by atoms with Gasteiger partial charge in [0.1, 0.15) is 5.60 Å². The molecule has 130 valence electrons. The molecule has 0 aromatic carbocycles. The summed E-state index contributed by atoms with van der Waals surface area (Å²) >= 11 is 0. The first kappa shape index (κ1) is 20.7. The SMILES string of the molecule is CC(C)NC(=O)CNCC(CNC(=O)OC(C)(C)C)C(C)C. The van der Waals surface area contributed by atoms with E-state index in [4.69, 9.17) is 4.74 Å². The summed E-state index contributed by atoms with van der Waals surface area (Å²) in [5, 5.41) is 8.76. The summed E-state index contributed by atoms with van der Waals surface area (Å²) in [6.07, 6.45) is -0.407. The van der Waals surface area contributed by atoms with E-state index in [1.54, 1.807) is 0 Å². The van der Waals surface area contributed by atoms with E-state index in [-0.39, 0.29) is 24.4 Å². The molecule has 6 heteroatoms. The van der Waals surface area contributed by atoms with E-state index in [1.165, 1.54) is 0 Å². The third-order valence-electron chi connectivity index (χ3n) is 2.99. The van der Waals surface area contributed by atoms with Crippen molar-refractivity contribution < 1.29 is 14.3 Å². The predicted octanol–water partition coefficient (Wildman–Crippen LogP) is 1.90. The van der Waals surface area contributed by atoms with Crippen LogP contribution in [0.15, 0.2) is 0 Å². The normalized spacial score (nSPS) is 13.1. The largest absolute Gasteiger partial charge is 0.444 e. The Bertz CT molecular complexity index is 349. The quantitative estimate of drug-likeness (QED) is 0.639. The molecule has 0 rings (SSSR count). The fourth-order valence-electron chi connectivity index (χ4n) is 1.82. The van der Waals surface area contributed by atoms with Crippen LogP contribution in [-0.2, 0) is 9.53 Å². The second-order valence-corrected chi connectivity index (χ2v) is 7.24. The van der Waals surface area contributed by atoms with Crippen LogP contribution in [0.1, 0.15) is 48.5 Å². The van der Waals surface area contributed by atoms with Crippen molar-refractivity contribution in [2.24, 2.45) is 11.8 Å². The van der Waals surface area contributed by atoms with Crippen LogP contribution in [0.2, 0.25) is 0 Å². The molecular weight excluding hydrogens is 282 g/mol. The van der Waals surface area contributed by atoms with Crippen molar-refractivity contribution in [3.05, 3.63) is 0 Å². The molecular formula is C16H33N3O3. The maximum atomic E-state index is 11.7. The summed E-state index contributed by atoms with van der Waals surface area (Å²) in [6, 6.07) is 0.143. The third-order valence-corrected chi connectivity index (χ3v) is 2.99. The lowest BCUT2D eigenvalue weighted by Gasteiger charge is -2.24. The fourth-order valence-corrected chi connectivity index (χ4v) is 1.82. The number of ether oxygens (including phenoxy) is 1. The molecule has 0 fully saturated rings. The average Bonchev–Trinajstić information content (AvgIpc) is 2.29. The van der Waals surface area contributed by atoms with Crippen LogP contribution in [-0.4, -0.2) is 43.3 Å². The Morgan fingerprint density at radius 3 is 2.09 bits per heavy atom. The van der Waals surface area contributed by atoms with Gasteiger partial charge in [-0.15, -0.1) is 0 Å². The van der Waals surface area contributed by atoms with Crippen LogP contribution >= 0.6 is 0 Å². The predicted molar refractivity (Wildman–Crippen MR) is 88.7 cm³/mol. The lowest BCUT2D eigenvalue weighted by molar-refractivity contribution is -0.120. The van der Waals surface area contributed by atoms with Gasteiger partial charge in [0, 0.05) is 19.1 Å². The van der Waals surface area contributed by atoms with Crippen LogP contribution in [0.5, 0.6) is 0 Å². The number of alkyl carbamates (subject to hydrolysis) is 1. The highest BCUT2D eigenvalue weighted by molar-refractivity contribution is 5.78. The van der Waals surface area contributed by atoms with E-state index >= 15 is 0 Å². The second-order valence-electron chi connectivity index (χ2n) is 7.24. The monoisotopic (exact) mass is 315 g/mol. The van der Waals surface area contributed by atoms with Gasteiger partial charge in [0.15, 0.2) is 0 Å². The molecule has 0 heterocycles. The zero-order valence-corrected chi connectivity index (χ0v) is 15.1. The van der Waals surface area contributed by atoms with Crippen molar-refractivity contribution >= 4 is 12.0 Å². The molecule has 6 nitrogen and oxygen atoms in total. The minimum atomic E-state index is -0.495. The van der Waals surface area contributed by atoms with Crippen LogP contribution in [0.25, 0.3) is 0 Å². The highest BCUT2D eigenvalue weighted by atomic mass is 16.6. The van der Waals surface area contributed by atoms with Crippen molar-refractivity contribution in [2.45, 2.75) is 60.1 Å². The van der Waals surface area contributed by atoms with Crippen molar-refractivity contribution in [1.29, 1.82) is 0 Å². The van der Waals surface area contributed by atoms with Gasteiger partial charge in [0.05, 0.1) is 6.54 Å². The summed E-state index contributed by atoms with van der Waals surface area (Å²) < 4.78 is 5.22. The van der Waals surface area contributed by atoms with E-state index < -0.39 is 11.7 Å². The Balaban J connectivity index is 4.12. The second kappa shape index (κ2) is 9.66. The molecule has 0 bridgehead atoms. The van der Waals surface area contributed by atoms with Crippen LogP contribution in [0, 0.1) is 11.8 Å². The molecule has 0 radical (unpaired) electrons. The van der Waals surface area contributed by atoms with Crippen molar-refractivity contribution in [2.75, 3.05) is 19.6 Å². The summed E-state index contributed by atoms with van der Waals surface area (Å²) in [6.45, 7) is 15.0.